The molecule has 0 radical (unpaired) electrons. The molecule has 3 heterocycles. The van der Waals surface area contributed by atoms with Gasteiger partial charge in [-0.15, -0.1) is 0 Å². The highest BCUT2D eigenvalue weighted by atomic mass is 16.3. The average Bonchev–Trinajstić information content (AvgIpc) is 3.54. The molecule has 220 valence electrons. The second-order valence-electron chi connectivity index (χ2n) is 11.5. The number of benzene rings is 6. The molecule has 9 aromatic rings. The van der Waals surface area contributed by atoms with E-state index in [1.165, 1.54) is 16.5 Å². The fourth-order valence-corrected chi connectivity index (χ4v) is 6.21. The Morgan fingerprint density at radius 1 is 0.404 bits per heavy atom. The Bertz CT molecular complexity index is 2560. The predicted molar refractivity (Wildman–Crippen MR) is 190 cm³/mol. The van der Waals surface area contributed by atoms with Crippen molar-refractivity contribution >= 4 is 32.8 Å². The van der Waals surface area contributed by atoms with E-state index in [1.54, 1.807) is 6.20 Å². The minimum Gasteiger partial charge on any atom is -0.438 e. The van der Waals surface area contributed by atoms with E-state index in [-0.39, 0.29) is 0 Å². The average molecular weight is 603 g/mol. The van der Waals surface area contributed by atoms with Crippen LogP contribution in [-0.2, 0) is 0 Å². The van der Waals surface area contributed by atoms with Gasteiger partial charge in [-0.1, -0.05) is 133 Å². The zero-order valence-corrected chi connectivity index (χ0v) is 25.2. The highest BCUT2D eigenvalue weighted by molar-refractivity contribution is 6.10. The van der Waals surface area contributed by atoms with Crippen molar-refractivity contribution in [1.82, 2.24) is 19.9 Å². The van der Waals surface area contributed by atoms with Crippen LogP contribution >= 0.6 is 0 Å². The van der Waals surface area contributed by atoms with Crippen LogP contribution in [0.15, 0.2) is 162 Å². The van der Waals surface area contributed by atoms with Crippen molar-refractivity contribution in [3.05, 3.63) is 158 Å². The second kappa shape index (κ2) is 11.2. The van der Waals surface area contributed by atoms with E-state index in [2.05, 4.69) is 108 Å². The van der Waals surface area contributed by atoms with Crippen molar-refractivity contribution in [1.29, 1.82) is 0 Å². The summed E-state index contributed by atoms with van der Waals surface area (Å²) < 4.78 is 6.10. The molecular weight excluding hydrogens is 576 g/mol. The minimum absolute atomic E-state index is 0.556. The van der Waals surface area contributed by atoms with Crippen LogP contribution in [0.2, 0.25) is 0 Å². The van der Waals surface area contributed by atoms with Gasteiger partial charge in [0.1, 0.15) is 5.58 Å². The third-order valence-electron chi connectivity index (χ3n) is 8.63. The first-order chi connectivity index (χ1) is 23.3. The Morgan fingerprint density at radius 2 is 0.957 bits per heavy atom. The Balaban J connectivity index is 1.16. The van der Waals surface area contributed by atoms with E-state index in [1.807, 2.05) is 48.5 Å². The molecule has 0 aliphatic carbocycles. The maximum absolute atomic E-state index is 6.10. The molecule has 0 aliphatic heterocycles. The summed E-state index contributed by atoms with van der Waals surface area (Å²) in [6.45, 7) is 0. The highest BCUT2D eigenvalue weighted by Gasteiger charge is 2.18. The topological polar surface area (TPSA) is 64.7 Å². The van der Waals surface area contributed by atoms with Gasteiger partial charge in [0.25, 0.3) is 0 Å². The van der Waals surface area contributed by atoms with E-state index in [0.717, 1.165) is 49.6 Å². The van der Waals surface area contributed by atoms with E-state index >= 15 is 0 Å². The van der Waals surface area contributed by atoms with Crippen LogP contribution in [-0.4, -0.2) is 19.9 Å². The largest absolute Gasteiger partial charge is 0.438 e. The summed E-state index contributed by atoms with van der Waals surface area (Å²) >= 11 is 0. The molecule has 0 N–H and O–H groups in total. The van der Waals surface area contributed by atoms with Crippen LogP contribution in [0.25, 0.3) is 89.3 Å². The van der Waals surface area contributed by atoms with Gasteiger partial charge < -0.3 is 4.42 Å². The van der Waals surface area contributed by atoms with Crippen molar-refractivity contribution in [2.24, 2.45) is 0 Å². The lowest BCUT2D eigenvalue weighted by molar-refractivity contribution is 0.654. The maximum atomic E-state index is 6.10. The lowest BCUT2D eigenvalue weighted by atomic mass is 9.99. The highest BCUT2D eigenvalue weighted by Crippen LogP contribution is 2.36. The lowest BCUT2D eigenvalue weighted by Gasteiger charge is -2.10. The van der Waals surface area contributed by atoms with Crippen molar-refractivity contribution in [3.63, 3.8) is 0 Å². The summed E-state index contributed by atoms with van der Waals surface area (Å²) in [7, 11) is 0. The van der Waals surface area contributed by atoms with Crippen LogP contribution < -0.4 is 0 Å². The standard InChI is InChI=1S/C42H26N4O/c1-2-8-27(9-3-1)29-14-16-30(17-15-29)31-18-21-32(22-19-31)39-44-40(34-23-20-28-10-4-5-11-33(28)26-34)46-41(45-39)36-24-25-43-42-38(36)35-12-6-7-13-37(35)47-42/h1-26H. The third kappa shape index (κ3) is 4.91. The van der Waals surface area contributed by atoms with Gasteiger partial charge in [0.05, 0.1) is 5.39 Å². The normalized spacial score (nSPS) is 11.4. The molecule has 0 spiro atoms. The fourth-order valence-electron chi connectivity index (χ4n) is 6.21. The van der Waals surface area contributed by atoms with Crippen molar-refractivity contribution < 1.29 is 4.42 Å². The van der Waals surface area contributed by atoms with Gasteiger partial charge in [0.15, 0.2) is 17.5 Å². The third-order valence-corrected chi connectivity index (χ3v) is 8.63. The molecule has 0 unspecified atom stereocenters. The number of para-hydroxylation sites is 1. The molecule has 0 aliphatic rings. The van der Waals surface area contributed by atoms with Gasteiger partial charge in [0, 0.05) is 28.3 Å². The smallest absolute Gasteiger partial charge is 0.228 e. The van der Waals surface area contributed by atoms with Crippen LogP contribution in [0.1, 0.15) is 0 Å². The first kappa shape index (κ1) is 26.9. The molecule has 0 fully saturated rings. The number of pyridine rings is 1. The quantitative estimate of drug-likeness (QED) is 0.196. The van der Waals surface area contributed by atoms with E-state index in [4.69, 9.17) is 19.4 Å². The summed E-state index contributed by atoms with van der Waals surface area (Å²) in [4.78, 5) is 19.6. The number of rotatable bonds is 5. The summed E-state index contributed by atoms with van der Waals surface area (Å²) in [5.41, 5.74) is 8.68. The van der Waals surface area contributed by atoms with Crippen molar-refractivity contribution in [2.75, 3.05) is 0 Å². The minimum atomic E-state index is 0.556. The number of furan rings is 1. The van der Waals surface area contributed by atoms with Crippen molar-refractivity contribution in [2.45, 2.75) is 0 Å². The van der Waals surface area contributed by atoms with E-state index < -0.39 is 0 Å². The zero-order valence-electron chi connectivity index (χ0n) is 25.2. The number of aromatic nitrogens is 4. The first-order valence-corrected chi connectivity index (χ1v) is 15.5. The summed E-state index contributed by atoms with van der Waals surface area (Å²) in [6, 6.07) is 52.1. The Morgan fingerprint density at radius 3 is 1.70 bits per heavy atom. The summed E-state index contributed by atoms with van der Waals surface area (Å²) in [5, 5.41) is 4.16. The molecule has 5 nitrogen and oxygen atoms in total. The van der Waals surface area contributed by atoms with E-state index in [9.17, 15) is 0 Å². The van der Waals surface area contributed by atoms with Gasteiger partial charge in [-0.2, -0.15) is 0 Å². The summed E-state index contributed by atoms with van der Waals surface area (Å²) in [6.07, 6.45) is 1.75. The Labute approximate surface area is 270 Å². The first-order valence-electron chi connectivity index (χ1n) is 15.5. The molecule has 5 heteroatoms. The monoisotopic (exact) mass is 602 g/mol. The molecule has 0 amide bonds. The van der Waals surface area contributed by atoms with Crippen molar-refractivity contribution in [3.8, 4) is 56.4 Å². The number of nitrogens with zero attached hydrogens (tertiary/aromatic N) is 4. The molecular formula is C42H26N4O. The molecule has 9 rings (SSSR count). The fraction of sp³-hybridized carbons (Fsp3) is 0. The number of hydrogen-bond donors (Lipinski definition) is 0. The Hall–Kier alpha value is -6.46. The summed E-state index contributed by atoms with van der Waals surface area (Å²) in [5.74, 6) is 1.77. The zero-order chi connectivity index (χ0) is 31.2. The van der Waals surface area contributed by atoms with Gasteiger partial charge >= 0.3 is 0 Å². The van der Waals surface area contributed by atoms with Gasteiger partial charge in [0.2, 0.25) is 5.71 Å². The van der Waals surface area contributed by atoms with Crippen LogP contribution in [0, 0.1) is 0 Å². The van der Waals surface area contributed by atoms with E-state index in [0.29, 0.717) is 23.2 Å². The number of fused-ring (bicyclic) bond motifs is 4. The number of hydrogen-bond acceptors (Lipinski definition) is 5. The van der Waals surface area contributed by atoms with Gasteiger partial charge in [-0.05, 0) is 51.2 Å². The molecule has 0 saturated carbocycles. The van der Waals surface area contributed by atoms with Gasteiger partial charge in [-0.25, -0.2) is 19.9 Å². The second-order valence-corrected chi connectivity index (χ2v) is 11.5. The molecule has 0 bridgehead atoms. The van der Waals surface area contributed by atoms with Crippen LogP contribution in [0.3, 0.4) is 0 Å². The Kier molecular flexibility index (Phi) is 6.39. The lowest BCUT2D eigenvalue weighted by Crippen LogP contribution is -2.00. The van der Waals surface area contributed by atoms with Crippen LogP contribution in [0.4, 0.5) is 0 Å². The SMILES string of the molecule is c1ccc(-c2ccc(-c3ccc(-c4nc(-c5ccc6ccccc6c5)nc(-c5ccnc6oc7ccccc7c56)n4)cc3)cc2)cc1. The molecule has 6 aromatic carbocycles. The molecule has 3 aromatic heterocycles. The maximum Gasteiger partial charge on any atom is 0.228 e. The van der Waals surface area contributed by atoms with Gasteiger partial charge in [-0.3, -0.25) is 0 Å². The molecule has 0 atom stereocenters. The molecule has 47 heavy (non-hydrogen) atoms. The van der Waals surface area contributed by atoms with Crippen LogP contribution in [0.5, 0.6) is 0 Å². The predicted octanol–water partition coefficient (Wildman–Crippen LogP) is 10.7. The molecule has 0 saturated heterocycles.